The van der Waals surface area contributed by atoms with Crippen molar-refractivity contribution in [3.8, 4) is 0 Å². The molecule has 2 nitrogen and oxygen atoms in total. The summed E-state index contributed by atoms with van der Waals surface area (Å²) in [5, 5.41) is 0. The van der Waals surface area contributed by atoms with E-state index in [1.165, 1.54) is 12.1 Å². The first-order valence-corrected chi connectivity index (χ1v) is 4.73. The molecule has 1 aromatic heterocycles. The predicted molar refractivity (Wildman–Crippen MR) is 55.9 cm³/mol. The molecule has 0 aliphatic heterocycles. The lowest BCUT2D eigenvalue weighted by molar-refractivity contribution is 0.527. The van der Waals surface area contributed by atoms with Gasteiger partial charge in [0, 0.05) is 5.56 Å². The van der Waals surface area contributed by atoms with Crippen LogP contribution in [0.15, 0.2) is 41.0 Å². The maximum absolute atomic E-state index is 13.0. The molecule has 2 aromatic rings. The molecule has 3 heteroatoms. The quantitative estimate of drug-likeness (QED) is 0.818. The molecule has 1 aromatic carbocycles. The molecule has 0 saturated heterocycles. The van der Waals surface area contributed by atoms with Gasteiger partial charge in [0.2, 0.25) is 0 Å². The summed E-state index contributed by atoms with van der Waals surface area (Å²) in [6.45, 7) is 1.84. The van der Waals surface area contributed by atoms with E-state index in [-0.39, 0.29) is 11.9 Å². The highest BCUT2D eigenvalue weighted by Gasteiger charge is 2.13. The van der Waals surface area contributed by atoms with E-state index in [0.717, 1.165) is 16.9 Å². The minimum atomic E-state index is -0.334. The molecule has 0 saturated carbocycles. The van der Waals surface area contributed by atoms with Crippen LogP contribution in [0.4, 0.5) is 4.39 Å². The molecule has 0 aliphatic rings. The highest BCUT2D eigenvalue weighted by atomic mass is 19.1. The molecule has 2 N–H and O–H groups in total. The zero-order chi connectivity index (χ0) is 10.8. The van der Waals surface area contributed by atoms with Crippen LogP contribution >= 0.6 is 0 Å². The zero-order valence-corrected chi connectivity index (χ0v) is 8.41. The standard InChI is InChI=1S/C12H12FNO/c1-8-11(5-6-15-8)12(14)9-3-2-4-10(13)7-9/h2-7,12H,14H2,1H3. The maximum atomic E-state index is 13.0. The number of aryl methyl sites for hydroxylation is 1. The predicted octanol–water partition coefficient (Wildman–Crippen LogP) is 2.78. The van der Waals surface area contributed by atoms with Crippen LogP contribution in [0.5, 0.6) is 0 Å². The lowest BCUT2D eigenvalue weighted by Gasteiger charge is -2.10. The summed E-state index contributed by atoms with van der Waals surface area (Å²) in [7, 11) is 0. The number of halogens is 1. The molecule has 1 heterocycles. The lowest BCUT2D eigenvalue weighted by Crippen LogP contribution is -2.12. The molecule has 1 atom stereocenters. The second-order valence-corrected chi connectivity index (χ2v) is 3.46. The Bertz CT molecular complexity index is 464. The Hall–Kier alpha value is -1.61. The van der Waals surface area contributed by atoms with Crippen molar-refractivity contribution in [2.75, 3.05) is 0 Å². The summed E-state index contributed by atoms with van der Waals surface area (Å²) in [6, 6.07) is 7.78. The Labute approximate surface area is 87.5 Å². The Kier molecular flexibility index (Phi) is 2.56. The fourth-order valence-corrected chi connectivity index (χ4v) is 1.60. The van der Waals surface area contributed by atoms with Gasteiger partial charge in [-0.05, 0) is 30.7 Å². The van der Waals surface area contributed by atoms with Crippen LogP contribution in [0.25, 0.3) is 0 Å². The first-order valence-electron chi connectivity index (χ1n) is 4.73. The Morgan fingerprint density at radius 1 is 1.33 bits per heavy atom. The largest absolute Gasteiger partial charge is 0.469 e. The smallest absolute Gasteiger partial charge is 0.123 e. The summed E-state index contributed by atoms with van der Waals surface area (Å²) in [5.74, 6) is 0.496. The second-order valence-electron chi connectivity index (χ2n) is 3.46. The van der Waals surface area contributed by atoms with Crippen LogP contribution < -0.4 is 5.73 Å². The van der Waals surface area contributed by atoms with Gasteiger partial charge in [0.05, 0.1) is 12.3 Å². The van der Waals surface area contributed by atoms with Crippen molar-refractivity contribution in [2.45, 2.75) is 13.0 Å². The van der Waals surface area contributed by atoms with Crippen molar-refractivity contribution in [1.82, 2.24) is 0 Å². The molecule has 0 amide bonds. The number of benzene rings is 1. The third-order valence-electron chi connectivity index (χ3n) is 2.44. The number of rotatable bonds is 2. The van der Waals surface area contributed by atoms with E-state index < -0.39 is 0 Å². The van der Waals surface area contributed by atoms with Gasteiger partial charge >= 0.3 is 0 Å². The van der Waals surface area contributed by atoms with E-state index in [9.17, 15) is 4.39 Å². The van der Waals surface area contributed by atoms with Gasteiger partial charge in [-0.15, -0.1) is 0 Å². The first kappa shape index (κ1) is 9.93. The maximum Gasteiger partial charge on any atom is 0.123 e. The third-order valence-corrected chi connectivity index (χ3v) is 2.44. The SMILES string of the molecule is Cc1occc1C(N)c1cccc(F)c1. The summed E-state index contributed by atoms with van der Waals surface area (Å²) in [6.07, 6.45) is 1.59. The van der Waals surface area contributed by atoms with Crippen LogP contribution in [-0.2, 0) is 0 Å². The molecular formula is C12H12FNO. The van der Waals surface area contributed by atoms with E-state index in [2.05, 4.69) is 0 Å². The van der Waals surface area contributed by atoms with Crippen LogP contribution in [-0.4, -0.2) is 0 Å². The summed E-state index contributed by atoms with van der Waals surface area (Å²) in [5.41, 5.74) is 7.64. The van der Waals surface area contributed by atoms with Gasteiger partial charge in [-0.25, -0.2) is 4.39 Å². The normalized spacial score (nSPS) is 12.7. The van der Waals surface area contributed by atoms with Crippen molar-refractivity contribution < 1.29 is 8.81 Å². The van der Waals surface area contributed by atoms with E-state index in [1.807, 2.05) is 13.0 Å². The third kappa shape index (κ3) is 1.92. The monoisotopic (exact) mass is 205 g/mol. The van der Waals surface area contributed by atoms with Crippen LogP contribution in [0.2, 0.25) is 0 Å². The van der Waals surface area contributed by atoms with E-state index >= 15 is 0 Å². The molecule has 0 spiro atoms. The van der Waals surface area contributed by atoms with E-state index in [4.69, 9.17) is 10.2 Å². The van der Waals surface area contributed by atoms with Gasteiger partial charge in [0.25, 0.3) is 0 Å². The Morgan fingerprint density at radius 3 is 2.73 bits per heavy atom. The molecule has 0 fully saturated rings. The average molecular weight is 205 g/mol. The minimum absolute atomic E-state index is 0.274. The summed E-state index contributed by atoms with van der Waals surface area (Å²) < 4.78 is 18.2. The first-order chi connectivity index (χ1) is 7.18. The van der Waals surface area contributed by atoms with Crippen molar-refractivity contribution >= 4 is 0 Å². The van der Waals surface area contributed by atoms with Crippen LogP contribution in [0, 0.1) is 12.7 Å². The average Bonchev–Trinajstić information content (AvgIpc) is 2.63. The molecule has 0 bridgehead atoms. The number of hydrogen-bond acceptors (Lipinski definition) is 2. The number of nitrogens with two attached hydrogens (primary N) is 1. The van der Waals surface area contributed by atoms with Crippen molar-refractivity contribution in [3.63, 3.8) is 0 Å². The minimum Gasteiger partial charge on any atom is -0.469 e. The van der Waals surface area contributed by atoms with Gasteiger partial charge in [0.15, 0.2) is 0 Å². The molecule has 78 valence electrons. The number of hydrogen-bond donors (Lipinski definition) is 1. The lowest BCUT2D eigenvalue weighted by atomic mass is 10.0. The molecule has 1 unspecified atom stereocenters. The van der Waals surface area contributed by atoms with Gasteiger partial charge in [0.1, 0.15) is 11.6 Å². The Balaban J connectivity index is 2.36. The topological polar surface area (TPSA) is 39.2 Å². The van der Waals surface area contributed by atoms with Crippen molar-refractivity contribution in [3.05, 3.63) is 59.3 Å². The fraction of sp³-hybridized carbons (Fsp3) is 0.167. The molecule has 0 radical (unpaired) electrons. The van der Waals surface area contributed by atoms with Gasteiger partial charge in [-0.3, -0.25) is 0 Å². The van der Waals surface area contributed by atoms with Crippen LogP contribution in [0.3, 0.4) is 0 Å². The molecular weight excluding hydrogens is 193 g/mol. The van der Waals surface area contributed by atoms with Gasteiger partial charge < -0.3 is 10.2 Å². The summed E-state index contributed by atoms with van der Waals surface area (Å²) in [4.78, 5) is 0. The molecule has 0 aliphatic carbocycles. The van der Waals surface area contributed by atoms with Gasteiger partial charge in [-0.1, -0.05) is 12.1 Å². The molecule has 15 heavy (non-hydrogen) atoms. The van der Waals surface area contributed by atoms with Crippen molar-refractivity contribution in [2.24, 2.45) is 5.73 Å². The van der Waals surface area contributed by atoms with Crippen LogP contribution in [0.1, 0.15) is 22.9 Å². The highest BCUT2D eigenvalue weighted by Crippen LogP contribution is 2.23. The van der Waals surface area contributed by atoms with E-state index in [0.29, 0.717) is 0 Å². The highest BCUT2D eigenvalue weighted by molar-refractivity contribution is 5.32. The summed E-state index contributed by atoms with van der Waals surface area (Å²) >= 11 is 0. The fourth-order valence-electron chi connectivity index (χ4n) is 1.60. The number of furan rings is 1. The molecule has 2 rings (SSSR count). The second kappa shape index (κ2) is 3.87. The zero-order valence-electron chi connectivity index (χ0n) is 8.41. The van der Waals surface area contributed by atoms with E-state index in [1.54, 1.807) is 18.4 Å². The van der Waals surface area contributed by atoms with Gasteiger partial charge in [-0.2, -0.15) is 0 Å². The van der Waals surface area contributed by atoms with Crippen molar-refractivity contribution in [1.29, 1.82) is 0 Å². The Morgan fingerprint density at radius 2 is 2.13 bits per heavy atom.